The highest BCUT2D eigenvalue weighted by atomic mass is 15.2. The van der Waals surface area contributed by atoms with Gasteiger partial charge in [0.15, 0.2) is 0 Å². The zero-order valence-corrected chi connectivity index (χ0v) is 8.84. The van der Waals surface area contributed by atoms with Crippen molar-refractivity contribution in [2.24, 2.45) is 5.73 Å². The van der Waals surface area contributed by atoms with E-state index in [9.17, 15) is 0 Å². The normalized spacial score (nSPS) is 13.8. The summed E-state index contributed by atoms with van der Waals surface area (Å²) in [5, 5.41) is 0. The molecule has 12 heavy (non-hydrogen) atoms. The van der Waals surface area contributed by atoms with E-state index in [1.165, 1.54) is 25.7 Å². The van der Waals surface area contributed by atoms with Crippen LogP contribution in [0.5, 0.6) is 0 Å². The first kappa shape index (κ1) is 11.9. The molecular weight excluding hydrogens is 148 g/mol. The van der Waals surface area contributed by atoms with Gasteiger partial charge in [0.05, 0.1) is 6.17 Å². The fraction of sp³-hybridized carbons (Fsp3) is 1.00. The molecule has 0 aromatic carbocycles. The molecule has 0 aromatic rings. The van der Waals surface area contributed by atoms with Crippen LogP contribution in [0.1, 0.15) is 46.5 Å². The lowest BCUT2D eigenvalue weighted by Crippen LogP contribution is -2.40. The number of hydrogen-bond donors (Lipinski definition) is 1. The topological polar surface area (TPSA) is 29.3 Å². The summed E-state index contributed by atoms with van der Waals surface area (Å²) in [4.78, 5) is 2.37. The zero-order valence-electron chi connectivity index (χ0n) is 8.84. The number of unbranched alkanes of at least 4 members (excludes halogenated alkanes) is 2. The van der Waals surface area contributed by atoms with Gasteiger partial charge in [0.1, 0.15) is 0 Å². The molecule has 74 valence electrons. The third kappa shape index (κ3) is 5.56. The van der Waals surface area contributed by atoms with Crippen LogP contribution in [0.15, 0.2) is 0 Å². The molecule has 2 nitrogen and oxygen atoms in total. The van der Waals surface area contributed by atoms with Crippen molar-refractivity contribution in [1.29, 1.82) is 0 Å². The van der Waals surface area contributed by atoms with Gasteiger partial charge in [0.25, 0.3) is 0 Å². The Morgan fingerprint density at radius 1 is 1.08 bits per heavy atom. The van der Waals surface area contributed by atoms with Gasteiger partial charge in [-0.3, -0.25) is 4.90 Å². The Morgan fingerprint density at radius 3 is 1.75 bits per heavy atom. The van der Waals surface area contributed by atoms with E-state index < -0.39 is 0 Å². The summed E-state index contributed by atoms with van der Waals surface area (Å²) in [6.07, 6.45) is 5.28. The van der Waals surface area contributed by atoms with Crippen LogP contribution in [0, 0.1) is 0 Å². The molecular formula is C10H24N2. The van der Waals surface area contributed by atoms with Gasteiger partial charge in [-0.25, -0.2) is 0 Å². The monoisotopic (exact) mass is 172 g/mol. The maximum atomic E-state index is 5.84. The van der Waals surface area contributed by atoms with Gasteiger partial charge in [0, 0.05) is 0 Å². The summed E-state index contributed by atoms with van der Waals surface area (Å²) < 4.78 is 0. The largest absolute Gasteiger partial charge is 0.316 e. The van der Waals surface area contributed by atoms with Crippen molar-refractivity contribution in [2.75, 3.05) is 13.1 Å². The van der Waals surface area contributed by atoms with Gasteiger partial charge in [-0.05, 0) is 32.9 Å². The molecule has 0 spiro atoms. The van der Waals surface area contributed by atoms with Crippen LogP contribution in [-0.4, -0.2) is 24.2 Å². The van der Waals surface area contributed by atoms with Crippen LogP contribution in [0.3, 0.4) is 0 Å². The third-order valence-electron chi connectivity index (χ3n) is 2.17. The molecule has 0 saturated carbocycles. The molecule has 1 unspecified atom stereocenters. The molecule has 0 aromatic heterocycles. The summed E-state index contributed by atoms with van der Waals surface area (Å²) in [6.45, 7) is 8.84. The molecule has 0 radical (unpaired) electrons. The van der Waals surface area contributed by atoms with Crippen molar-refractivity contribution >= 4 is 0 Å². The summed E-state index contributed by atoms with van der Waals surface area (Å²) >= 11 is 0. The lowest BCUT2D eigenvalue weighted by molar-refractivity contribution is 0.207. The van der Waals surface area contributed by atoms with Crippen molar-refractivity contribution in [1.82, 2.24) is 4.90 Å². The van der Waals surface area contributed by atoms with E-state index in [4.69, 9.17) is 5.73 Å². The molecule has 2 N–H and O–H groups in total. The van der Waals surface area contributed by atoms with Crippen LogP contribution >= 0.6 is 0 Å². The Labute approximate surface area is 77.1 Å². The highest BCUT2D eigenvalue weighted by Gasteiger charge is 2.06. The molecule has 2 heteroatoms. The van der Waals surface area contributed by atoms with Crippen LogP contribution in [0.4, 0.5) is 0 Å². The maximum Gasteiger partial charge on any atom is 0.0542 e. The lowest BCUT2D eigenvalue weighted by atomic mass is 10.2. The molecule has 0 amide bonds. The Morgan fingerprint density at radius 2 is 1.50 bits per heavy atom. The van der Waals surface area contributed by atoms with Crippen LogP contribution in [0.2, 0.25) is 0 Å². The molecule has 0 aliphatic heterocycles. The van der Waals surface area contributed by atoms with Crippen molar-refractivity contribution in [3.63, 3.8) is 0 Å². The predicted octanol–water partition coefficient (Wildman–Crippen LogP) is 2.19. The highest BCUT2D eigenvalue weighted by molar-refractivity contribution is 4.60. The quantitative estimate of drug-likeness (QED) is 0.596. The van der Waals surface area contributed by atoms with E-state index in [1.54, 1.807) is 0 Å². The first-order chi connectivity index (χ1) is 5.72. The van der Waals surface area contributed by atoms with E-state index in [-0.39, 0.29) is 6.17 Å². The van der Waals surface area contributed by atoms with Crippen LogP contribution in [0.25, 0.3) is 0 Å². The standard InChI is InChI=1S/C10H24N2/c1-4-6-8-12(10(3)11)9-7-5-2/h10H,4-9,11H2,1-3H3. The number of rotatable bonds is 7. The first-order valence-corrected chi connectivity index (χ1v) is 5.22. The summed E-state index contributed by atoms with van der Waals surface area (Å²) in [7, 11) is 0. The van der Waals surface area contributed by atoms with E-state index >= 15 is 0 Å². The molecule has 0 bridgehead atoms. The van der Waals surface area contributed by atoms with Crippen molar-refractivity contribution < 1.29 is 0 Å². The Bertz CT molecular complexity index is 83.8. The smallest absolute Gasteiger partial charge is 0.0542 e. The van der Waals surface area contributed by atoms with Crippen molar-refractivity contribution in [3.8, 4) is 0 Å². The highest BCUT2D eigenvalue weighted by Crippen LogP contribution is 2.00. The second kappa shape index (κ2) is 7.56. The van der Waals surface area contributed by atoms with Gasteiger partial charge >= 0.3 is 0 Å². The second-order valence-corrected chi connectivity index (χ2v) is 3.48. The minimum atomic E-state index is 0.225. The fourth-order valence-corrected chi connectivity index (χ4v) is 1.24. The maximum absolute atomic E-state index is 5.84. The van der Waals surface area contributed by atoms with Gasteiger partial charge < -0.3 is 5.73 Å². The van der Waals surface area contributed by atoms with E-state index in [0.717, 1.165) is 13.1 Å². The van der Waals surface area contributed by atoms with E-state index in [2.05, 4.69) is 25.7 Å². The Hall–Kier alpha value is -0.0800. The van der Waals surface area contributed by atoms with Crippen molar-refractivity contribution in [3.05, 3.63) is 0 Å². The van der Waals surface area contributed by atoms with Gasteiger partial charge in [-0.1, -0.05) is 26.7 Å². The molecule has 0 aliphatic rings. The van der Waals surface area contributed by atoms with E-state index in [1.807, 2.05) is 0 Å². The van der Waals surface area contributed by atoms with Crippen LogP contribution < -0.4 is 5.73 Å². The van der Waals surface area contributed by atoms with Gasteiger partial charge in [0.2, 0.25) is 0 Å². The fourth-order valence-electron chi connectivity index (χ4n) is 1.24. The zero-order chi connectivity index (χ0) is 9.40. The predicted molar refractivity (Wildman–Crippen MR) is 55.0 cm³/mol. The first-order valence-electron chi connectivity index (χ1n) is 5.22. The average Bonchev–Trinajstić information content (AvgIpc) is 2.04. The third-order valence-corrected chi connectivity index (χ3v) is 2.17. The van der Waals surface area contributed by atoms with Gasteiger partial charge in [-0.2, -0.15) is 0 Å². The second-order valence-electron chi connectivity index (χ2n) is 3.48. The number of nitrogens with zero attached hydrogens (tertiary/aromatic N) is 1. The van der Waals surface area contributed by atoms with Crippen LogP contribution in [-0.2, 0) is 0 Å². The molecule has 0 heterocycles. The molecule has 0 rings (SSSR count). The summed E-state index contributed by atoms with van der Waals surface area (Å²) in [5.41, 5.74) is 5.84. The Kier molecular flexibility index (Phi) is 7.51. The molecule has 1 atom stereocenters. The number of hydrogen-bond acceptors (Lipinski definition) is 2. The molecule has 0 saturated heterocycles. The summed E-state index contributed by atoms with van der Waals surface area (Å²) in [5.74, 6) is 0. The Balaban J connectivity index is 3.55. The SMILES string of the molecule is CCCCN(CCCC)C(C)N. The average molecular weight is 172 g/mol. The summed E-state index contributed by atoms with van der Waals surface area (Å²) in [6, 6.07) is 0. The van der Waals surface area contributed by atoms with E-state index in [0.29, 0.717) is 0 Å². The molecule has 0 fully saturated rings. The number of nitrogens with two attached hydrogens (primary N) is 1. The lowest BCUT2D eigenvalue weighted by Gasteiger charge is -2.25. The molecule has 0 aliphatic carbocycles. The minimum Gasteiger partial charge on any atom is -0.316 e. The minimum absolute atomic E-state index is 0.225. The van der Waals surface area contributed by atoms with Crippen molar-refractivity contribution in [2.45, 2.75) is 52.6 Å². The van der Waals surface area contributed by atoms with Gasteiger partial charge in [-0.15, -0.1) is 0 Å².